The molecular weight excluding hydrogens is 276 g/mol. The summed E-state index contributed by atoms with van der Waals surface area (Å²) in [5, 5.41) is 3.44. The van der Waals surface area contributed by atoms with Crippen LogP contribution in [0.1, 0.15) is 32.6 Å². The maximum absolute atomic E-state index is 11.9. The molecule has 3 rings (SSSR count). The second-order valence-corrected chi connectivity index (χ2v) is 6.50. The molecule has 2 saturated heterocycles. The number of carbonyl (C=O) groups excluding carboxylic acids is 1. The zero-order chi connectivity index (χ0) is 15.4. The Kier molecular flexibility index (Phi) is 4.98. The molecule has 0 spiro atoms. The van der Waals surface area contributed by atoms with Crippen LogP contribution < -0.4 is 15.0 Å². The van der Waals surface area contributed by atoms with Crippen molar-refractivity contribution in [3.05, 3.63) is 24.3 Å². The van der Waals surface area contributed by atoms with Gasteiger partial charge in [0.15, 0.2) is 5.78 Å². The van der Waals surface area contributed by atoms with Crippen LogP contribution in [0.5, 0.6) is 5.75 Å². The first kappa shape index (κ1) is 15.3. The average molecular weight is 302 g/mol. The summed E-state index contributed by atoms with van der Waals surface area (Å²) in [7, 11) is 0. The molecule has 4 nitrogen and oxygen atoms in total. The van der Waals surface area contributed by atoms with E-state index in [1.807, 2.05) is 12.1 Å². The van der Waals surface area contributed by atoms with Crippen LogP contribution in [-0.4, -0.2) is 38.1 Å². The van der Waals surface area contributed by atoms with Gasteiger partial charge in [0.1, 0.15) is 12.4 Å². The molecule has 2 aliphatic rings. The monoisotopic (exact) mass is 302 g/mol. The molecule has 1 N–H and O–H groups in total. The highest BCUT2D eigenvalue weighted by atomic mass is 16.5. The molecule has 2 heterocycles. The fourth-order valence-electron chi connectivity index (χ4n) is 3.36. The Bertz CT molecular complexity index is 494. The van der Waals surface area contributed by atoms with E-state index >= 15 is 0 Å². The number of piperidine rings is 1. The molecule has 2 fully saturated rings. The molecule has 1 unspecified atom stereocenters. The highest BCUT2D eigenvalue weighted by Gasteiger charge is 2.24. The molecule has 0 bridgehead atoms. The van der Waals surface area contributed by atoms with Crippen molar-refractivity contribution in [3.63, 3.8) is 0 Å². The van der Waals surface area contributed by atoms with E-state index in [9.17, 15) is 4.79 Å². The van der Waals surface area contributed by atoms with Crippen LogP contribution in [0.4, 0.5) is 5.69 Å². The Hall–Kier alpha value is -1.55. The van der Waals surface area contributed by atoms with Crippen LogP contribution in [0.25, 0.3) is 0 Å². The maximum atomic E-state index is 11.9. The lowest BCUT2D eigenvalue weighted by molar-refractivity contribution is -0.119. The van der Waals surface area contributed by atoms with Crippen LogP contribution in [0.2, 0.25) is 0 Å². The standard InChI is InChI=1S/C18H26N2O2/c1-2-14-10-17(21)12-20(11-14)16-5-7-18(8-6-16)22-13-15-4-3-9-19-15/h5-8,14-15,19H,2-4,9-13H2,1H3/t14?,15-/m0/s1. The summed E-state index contributed by atoms with van der Waals surface area (Å²) in [6.45, 7) is 5.53. The Labute approximate surface area is 132 Å². The Morgan fingerprint density at radius 2 is 2.14 bits per heavy atom. The number of hydrogen-bond acceptors (Lipinski definition) is 4. The summed E-state index contributed by atoms with van der Waals surface area (Å²) in [5.41, 5.74) is 1.12. The van der Waals surface area contributed by atoms with Crippen LogP contribution in [0, 0.1) is 5.92 Å². The molecule has 22 heavy (non-hydrogen) atoms. The molecule has 120 valence electrons. The number of ether oxygens (including phenoxy) is 1. The number of nitrogens with zero attached hydrogens (tertiary/aromatic N) is 1. The number of hydrogen-bond donors (Lipinski definition) is 1. The van der Waals surface area contributed by atoms with Gasteiger partial charge >= 0.3 is 0 Å². The number of anilines is 1. The first-order valence-corrected chi connectivity index (χ1v) is 8.47. The molecule has 1 aromatic carbocycles. The molecular formula is C18H26N2O2. The number of nitrogens with one attached hydrogen (secondary N) is 1. The van der Waals surface area contributed by atoms with Crippen LogP contribution in [0.15, 0.2) is 24.3 Å². The molecule has 0 amide bonds. The van der Waals surface area contributed by atoms with Gasteiger partial charge in [-0.05, 0) is 49.6 Å². The summed E-state index contributed by atoms with van der Waals surface area (Å²) in [6, 6.07) is 8.67. The minimum Gasteiger partial charge on any atom is -0.492 e. The van der Waals surface area contributed by atoms with Gasteiger partial charge in [-0.3, -0.25) is 4.79 Å². The molecule has 0 saturated carbocycles. The molecule has 0 aromatic heterocycles. The SMILES string of the molecule is CCC1CC(=O)CN(c2ccc(OC[C@@H]3CCCN3)cc2)C1. The van der Waals surface area contributed by atoms with E-state index in [4.69, 9.17) is 4.74 Å². The number of benzene rings is 1. The van der Waals surface area contributed by atoms with Crippen molar-refractivity contribution >= 4 is 11.5 Å². The lowest BCUT2D eigenvalue weighted by Gasteiger charge is -2.33. The van der Waals surface area contributed by atoms with Gasteiger partial charge < -0.3 is 15.0 Å². The van der Waals surface area contributed by atoms with Gasteiger partial charge in [0.05, 0.1) is 6.54 Å². The van der Waals surface area contributed by atoms with E-state index in [0.29, 0.717) is 24.3 Å². The zero-order valence-electron chi connectivity index (χ0n) is 13.4. The number of rotatable bonds is 5. The van der Waals surface area contributed by atoms with Gasteiger partial charge in [-0.2, -0.15) is 0 Å². The molecule has 1 aromatic rings. The molecule has 4 heteroatoms. The van der Waals surface area contributed by atoms with Gasteiger partial charge in [0.25, 0.3) is 0 Å². The van der Waals surface area contributed by atoms with E-state index in [0.717, 1.165) is 44.0 Å². The van der Waals surface area contributed by atoms with Gasteiger partial charge in [-0.1, -0.05) is 13.3 Å². The van der Waals surface area contributed by atoms with Gasteiger partial charge in [-0.15, -0.1) is 0 Å². The topological polar surface area (TPSA) is 41.6 Å². The summed E-state index contributed by atoms with van der Waals surface area (Å²) in [4.78, 5) is 14.1. The van der Waals surface area contributed by atoms with Crippen molar-refractivity contribution in [3.8, 4) is 5.75 Å². The third-order valence-electron chi connectivity index (χ3n) is 4.75. The van der Waals surface area contributed by atoms with Crippen molar-refractivity contribution in [1.29, 1.82) is 0 Å². The fraction of sp³-hybridized carbons (Fsp3) is 0.611. The van der Waals surface area contributed by atoms with E-state index in [1.54, 1.807) is 0 Å². The van der Waals surface area contributed by atoms with Gasteiger partial charge in [0.2, 0.25) is 0 Å². The van der Waals surface area contributed by atoms with Gasteiger partial charge in [0, 0.05) is 24.7 Å². The quantitative estimate of drug-likeness (QED) is 0.908. The average Bonchev–Trinajstić information content (AvgIpc) is 3.06. The molecule has 2 aliphatic heterocycles. The smallest absolute Gasteiger partial charge is 0.152 e. The third kappa shape index (κ3) is 3.80. The Morgan fingerprint density at radius 3 is 2.82 bits per heavy atom. The highest BCUT2D eigenvalue weighted by molar-refractivity contribution is 5.85. The number of Topliss-reactive ketones (excluding diaryl/α,β-unsaturated/α-hetero) is 1. The lowest BCUT2D eigenvalue weighted by atomic mass is 9.94. The minimum absolute atomic E-state index is 0.353. The van der Waals surface area contributed by atoms with E-state index in [2.05, 4.69) is 29.3 Å². The number of carbonyl (C=O) groups is 1. The second kappa shape index (κ2) is 7.14. The summed E-state index contributed by atoms with van der Waals surface area (Å²) >= 11 is 0. The van der Waals surface area contributed by atoms with Crippen molar-refractivity contribution in [2.75, 3.05) is 31.1 Å². The van der Waals surface area contributed by atoms with Crippen molar-refractivity contribution in [2.45, 2.75) is 38.6 Å². The van der Waals surface area contributed by atoms with E-state index in [-0.39, 0.29) is 0 Å². The fourth-order valence-corrected chi connectivity index (χ4v) is 3.36. The summed E-state index contributed by atoms with van der Waals surface area (Å²) < 4.78 is 5.85. The summed E-state index contributed by atoms with van der Waals surface area (Å²) in [6.07, 6.45) is 4.25. The minimum atomic E-state index is 0.353. The second-order valence-electron chi connectivity index (χ2n) is 6.50. The van der Waals surface area contributed by atoms with Crippen LogP contribution in [-0.2, 0) is 4.79 Å². The molecule has 0 aliphatic carbocycles. The molecule has 0 radical (unpaired) electrons. The van der Waals surface area contributed by atoms with E-state index < -0.39 is 0 Å². The van der Waals surface area contributed by atoms with Crippen LogP contribution in [0.3, 0.4) is 0 Å². The number of ketones is 1. The maximum Gasteiger partial charge on any atom is 0.152 e. The van der Waals surface area contributed by atoms with E-state index in [1.165, 1.54) is 12.8 Å². The summed E-state index contributed by atoms with van der Waals surface area (Å²) in [5.74, 6) is 1.75. The molecule has 2 atom stereocenters. The lowest BCUT2D eigenvalue weighted by Crippen LogP contribution is -2.40. The first-order chi connectivity index (χ1) is 10.7. The zero-order valence-corrected chi connectivity index (χ0v) is 13.4. The predicted molar refractivity (Wildman–Crippen MR) is 88.6 cm³/mol. The Balaban J connectivity index is 1.57. The van der Waals surface area contributed by atoms with Crippen molar-refractivity contribution < 1.29 is 9.53 Å². The van der Waals surface area contributed by atoms with Crippen molar-refractivity contribution in [1.82, 2.24) is 5.32 Å². The van der Waals surface area contributed by atoms with Gasteiger partial charge in [-0.25, -0.2) is 0 Å². The Morgan fingerprint density at radius 1 is 1.32 bits per heavy atom. The highest BCUT2D eigenvalue weighted by Crippen LogP contribution is 2.25. The van der Waals surface area contributed by atoms with Crippen molar-refractivity contribution in [2.24, 2.45) is 5.92 Å². The first-order valence-electron chi connectivity index (χ1n) is 8.47. The largest absolute Gasteiger partial charge is 0.492 e. The predicted octanol–water partition coefficient (Wildman–Crippen LogP) is 2.62. The normalized spacial score (nSPS) is 25.5. The van der Waals surface area contributed by atoms with Crippen LogP contribution >= 0.6 is 0 Å². The third-order valence-corrected chi connectivity index (χ3v) is 4.75.